The quantitative estimate of drug-likeness (QED) is 0.721. The number of hydrogen-bond donors (Lipinski definition) is 1. The van der Waals surface area contributed by atoms with Crippen LogP contribution in [-0.2, 0) is 13.2 Å². The third-order valence-electron chi connectivity index (χ3n) is 4.12. The normalized spacial score (nSPS) is 12.2. The summed E-state index contributed by atoms with van der Waals surface area (Å²) in [6.07, 6.45) is 1.18. The molecule has 2 aromatic carbocycles. The summed E-state index contributed by atoms with van der Waals surface area (Å²) in [6.45, 7) is 13.1. The summed E-state index contributed by atoms with van der Waals surface area (Å²) in [5.74, 6) is 0.896. The van der Waals surface area contributed by atoms with Crippen molar-refractivity contribution in [1.82, 2.24) is 0 Å². The second kappa shape index (κ2) is 8.25. The van der Waals surface area contributed by atoms with E-state index in [1.165, 1.54) is 12.0 Å². The second-order valence-corrected chi connectivity index (χ2v) is 9.13. The Kier molecular flexibility index (Phi) is 6.53. The molecule has 0 heterocycles. The third kappa shape index (κ3) is 7.50. The Morgan fingerprint density at radius 3 is 1.96 bits per heavy atom. The molecule has 0 spiro atoms. The van der Waals surface area contributed by atoms with Crippen molar-refractivity contribution in [3.05, 3.63) is 64.7 Å². The molecule has 0 aromatic heterocycles. The van der Waals surface area contributed by atoms with Gasteiger partial charge in [-0.2, -0.15) is 0 Å². The molecule has 136 valence electrons. The van der Waals surface area contributed by atoms with Crippen LogP contribution in [-0.4, -0.2) is 5.54 Å². The molecule has 0 fully saturated rings. The van der Waals surface area contributed by atoms with Crippen LogP contribution in [0.3, 0.4) is 0 Å². The molecule has 0 aliphatic heterocycles. The zero-order valence-corrected chi connectivity index (χ0v) is 16.9. The molecule has 3 heteroatoms. The van der Waals surface area contributed by atoms with Crippen molar-refractivity contribution in [2.45, 2.75) is 59.7 Å². The van der Waals surface area contributed by atoms with Crippen molar-refractivity contribution in [3.8, 4) is 5.75 Å². The monoisotopic (exact) mass is 360 g/mol. The van der Waals surface area contributed by atoms with Gasteiger partial charge in [0.25, 0.3) is 0 Å². The number of nitrogens with two attached hydrogens (primary N) is 1. The lowest BCUT2D eigenvalue weighted by atomic mass is 9.82. The van der Waals surface area contributed by atoms with Gasteiger partial charge in [-0.15, -0.1) is 0 Å². The molecule has 0 amide bonds. The smallest absolute Gasteiger partial charge is 0.119 e. The van der Waals surface area contributed by atoms with E-state index in [1.807, 2.05) is 24.3 Å². The molecule has 0 atom stereocenters. The van der Waals surface area contributed by atoms with Crippen LogP contribution in [0.1, 0.15) is 52.2 Å². The molecule has 0 bridgehead atoms. The third-order valence-corrected chi connectivity index (χ3v) is 4.37. The van der Waals surface area contributed by atoms with Gasteiger partial charge in [0.15, 0.2) is 0 Å². The Morgan fingerprint density at radius 1 is 0.840 bits per heavy atom. The van der Waals surface area contributed by atoms with Gasteiger partial charge in [-0.1, -0.05) is 44.5 Å². The summed E-state index contributed by atoms with van der Waals surface area (Å²) in [6, 6.07) is 16.2. The summed E-state index contributed by atoms with van der Waals surface area (Å²) < 4.78 is 5.84. The molecule has 0 aliphatic rings. The minimum Gasteiger partial charge on any atom is -0.489 e. The van der Waals surface area contributed by atoms with E-state index in [4.69, 9.17) is 16.3 Å². The molecular formula is C22H31ClNO+. The lowest BCUT2D eigenvalue weighted by molar-refractivity contribution is -0.737. The van der Waals surface area contributed by atoms with Gasteiger partial charge in [0.05, 0.1) is 5.54 Å². The first-order valence-electron chi connectivity index (χ1n) is 8.94. The standard InChI is InChI=1S/C22H30ClNO/c1-21(2,3)16-22(4,5)24-14-17-8-12-20(13-9-17)25-15-18-6-10-19(23)11-7-18/h6-13,24H,14-16H2,1-5H3/p+1. The van der Waals surface area contributed by atoms with E-state index in [2.05, 4.69) is 64.2 Å². The maximum Gasteiger partial charge on any atom is 0.119 e. The highest BCUT2D eigenvalue weighted by molar-refractivity contribution is 6.30. The Labute approximate surface area is 157 Å². The fourth-order valence-electron chi connectivity index (χ4n) is 3.30. The van der Waals surface area contributed by atoms with Gasteiger partial charge in [-0.25, -0.2) is 0 Å². The number of rotatable bonds is 7. The Hall–Kier alpha value is -1.51. The number of quaternary nitrogens is 1. The van der Waals surface area contributed by atoms with Crippen LogP contribution >= 0.6 is 11.6 Å². The molecule has 2 N–H and O–H groups in total. The molecule has 0 unspecified atom stereocenters. The highest BCUT2D eigenvalue weighted by atomic mass is 35.5. The van der Waals surface area contributed by atoms with Crippen molar-refractivity contribution in [1.29, 1.82) is 0 Å². The molecule has 0 aliphatic carbocycles. The maximum atomic E-state index is 5.90. The molecular weight excluding hydrogens is 330 g/mol. The van der Waals surface area contributed by atoms with E-state index in [-0.39, 0.29) is 5.54 Å². The van der Waals surface area contributed by atoms with E-state index in [1.54, 1.807) is 0 Å². The lowest BCUT2D eigenvalue weighted by Gasteiger charge is -2.30. The summed E-state index contributed by atoms with van der Waals surface area (Å²) in [7, 11) is 0. The average molecular weight is 361 g/mol. The van der Waals surface area contributed by atoms with E-state index in [9.17, 15) is 0 Å². The van der Waals surface area contributed by atoms with Crippen molar-refractivity contribution < 1.29 is 10.1 Å². The van der Waals surface area contributed by atoms with Gasteiger partial charge < -0.3 is 10.1 Å². The summed E-state index contributed by atoms with van der Waals surface area (Å²) >= 11 is 5.90. The van der Waals surface area contributed by atoms with Crippen molar-refractivity contribution in [2.24, 2.45) is 5.41 Å². The highest BCUT2D eigenvalue weighted by Crippen LogP contribution is 2.24. The molecule has 2 nitrogen and oxygen atoms in total. The molecule has 25 heavy (non-hydrogen) atoms. The van der Waals surface area contributed by atoms with Crippen LogP contribution in [0.4, 0.5) is 0 Å². The average Bonchev–Trinajstić information content (AvgIpc) is 2.51. The van der Waals surface area contributed by atoms with E-state index < -0.39 is 0 Å². The van der Waals surface area contributed by atoms with Crippen LogP contribution in [0.5, 0.6) is 5.75 Å². The van der Waals surface area contributed by atoms with Crippen LogP contribution in [0, 0.1) is 5.41 Å². The van der Waals surface area contributed by atoms with Gasteiger partial charge in [-0.05, 0) is 61.2 Å². The summed E-state index contributed by atoms with van der Waals surface area (Å²) in [5.41, 5.74) is 3.02. The minimum atomic E-state index is 0.238. The second-order valence-electron chi connectivity index (χ2n) is 8.69. The first-order chi connectivity index (χ1) is 11.6. The summed E-state index contributed by atoms with van der Waals surface area (Å²) in [4.78, 5) is 0. The fourth-order valence-corrected chi connectivity index (χ4v) is 3.43. The number of benzene rings is 2. The molecule has 0 saturated heterocycles. The van der Waals surface area contributed by atoms with Gasteiger partial charge in [-0.3, -0.25) is 0 Å². The Balaban J connectivity index is 1.84. The van der Waals surface area contributed by atoms with Crippen molar-refractivity contribution >= 4 is 11.6 Å². The minimum absolute atomic E-state index is 0.238. The van der Waals surface area contributed by atoms with Gasteiger partial charge >= 0.3 is 0 Å². The Morgan fingerprint density at radius 2 is 1.40 bits per heavy atom. The van der Waals surface area contributed by atoms with Crippen molar-refractivity contribution in [2.75, 3.05) is 0 Å². The predicted octanol–water partition coefficient (Wildman–Crippen LogP) is 5.20. The zero-order chi connectivity index (χ0) is 18.5. The van der Waals surface area contributed by atoms with E-state index >= 15 is 0 Å². The first-order valence-corrected chi connectivity index (χ1v) is 9.31. The lowest BCUT2D eigenvalue weighted by Crippen LogP contribution is -2.94. The zero-order valence-electron chi connectivity index (χ0n) is 16.1. The van der Waals surface area contributed by atoms with E-state index in [0.29, 0.717) is 12.0 Å². The Bertz CT molecular complexity index is 654. The number of hydrogen-bond acceptors (Lipinski definition) is 1. The van der Waals surface area contributed by atoms with Crippen LogP contribution in [0.2, 0.25) is 5.02 Å². The topological polar surface area (TPSA) is 25.8 Å². The molecule has 2 aromatic rings. The molecule has 0 saturated carbocycles. The van der Waals surface area contributed by atoms with E-state index in [0.717, 1.165) is 22.9 Å². The van der Waals surface area contributed by atoms with Gasteiger partial charge in [0.2, 0.25) is 0 Å². The van der Waals surface area contributed by atoms with Gasteiger partial charge in [0, 0.05) is 17.0 Å². The maximum absolute atomic E-state index is 5.90. The SMILES string of the molecule is CC(C)(C)CC(C)(C)[NH2+]Cc1ccc(OCc2ccc(Cl)cc2)cc1. The number of ether oxygens (including phenoxy) is 1. The highest BCUT2D eigenvalue weighted by Gasteiger charge is 2.28. The van der Waals surface area contributed by atoms with Crippen molar-refractivity contribution in [3.63, 3.8) is 0 Å². The predicted molar refractivity (Wildman–Crippen MR) is 106 cm³/mol. The summed E-state index contributed by atoms with van der Waals surface area (Å²) in [5, 5.41) is 3.18. The fraction of sp³-hybridized carbons (Fsp3) is 0.455. The molecule has 2 rings (SSSR count). The van der Waals surface area contributed by atoms with Crippen LogP contribution in [0.15, 0.2) is 48.5 Å². The first kappa shape index (κ1) is 19.8. The van der Waals surface area contributed by atoms with Gasteiger partial charge in [0.1, 0.15) is 18.9 Å². The number of halogens is 1. The van der Waals surface area contributed by atoms with Crippen LogP contribution in [0.25, 0.3) is 0 Å². The van der Waals surface area contributed by atoms with Crippen LogP contribution < -0.4 is 10.1 Å². The largest absolute Gasteiger partial charge is 0.489 e. The molecule has 0 radical (unpaired) electrons.